The van der Waals surface area contributed by atoms with Gasteiger partial charge in [0.05, 0.1) is 13.2 Å². The van der Waals surface area contributed by atoms with E-state index in [0.29, 0.717) is 13.2 Å². The number of nitrogens with one attached hydrogen (secondary N) is 1. The Bertz CT molecular complexity index is 89.7. The molecule has 2 N–H and O–H groups in total. The van der Waals surface area contributed by atoms with E-state index in [-0.39, 0.29) is 13.2 Å². The van der Waals surface area contributed by atoms with Crippen LogP contribution in [0.1, 0.15) is 0 Å². The highest BCUT2D eigenvalue weighted by molar-refractivity contribution is 4.71. The van der Waals surface area contributed by atoms with Gasteiger partial charge in [-0.3, -0.25) is 0 Å². The molecule has 60 valence electrons. The molecule has 1 aliphatic rings. The molecule has 4 heteroatoms. The van der Waals surface area contributed by atoms with E-state index in [1.165, 1.54) is 0 Å². The molecule has 0 saturated carbocycles. The summed E-state index contributed by atoms with van der Waals surface area (Å²) in [5.41, 5.74) is 0. The lowest BCUT2D eigenvalue weighted by atomic mass is 10.2. The number of rotatable bonds is 0. The van der Waals surface area contributed by atoms with E-state index in [9.17, 15) is 4.39 Å². The lowest BCUT2D eigenvalue weighted by Crippen LogP contribution is -2.40. The van der Waals surface area contributed by atoms with Gasteiger partial charge in [0.2, 0.25) is 0 Å². The molecular weight excluding hydrogens is 137 g/mol. The van der Waals surface area contributed by atoms with E-state index in [0.717, 1.165) is 0 Å². The summed E-state index contributed by atoms with van der Waals surface area (Å²) in [6, 6.07) is 0. The van der Waals surface area contributed by atoms with Gasteiger partial charge in [0.1, 0.15) is 12.3 Å². The monoisotopic (exact) mass is 149 g/mol. The minimum atomic E-state index is -1.19. The highest BCUT2D eigenvalue weighted by Gasteiger charge is 2.19. The second kappa shape index (κ2) is 3.85. The van der Waals surface area contributed by atoms with Crippen LogP contribution < -0.4 is 5.32 Å². The van der Waals surface area contributed by atoms with E-state index in [4.69, 9.17) is 9.84 Å². The Labute approximate surface area is 59.2 Å². The quantitative estimate of drug-likeness (QED) is 0.479. The van der Waals surface area contributed by atoms with Crippen LogP contribution in [0.3, 0.4) is 0 Å². The van der Waals surface area contributed by atoms with Crippen LogP contribution in [0.25, 0.3) is 0 Å². The van der Waals surface area contributed by atoms with Crippen molar-refractivity contribution in [2.75, 3.05) is 26.3 Å². The fraction of sp³-hybridized carbons (Fsp3) is 1.00. The average molecular weight is 149 g/mol. The Morgan fingerprint density at radius 2 is 2.40 bits per heavy atom. The smallest absolute Gasteiger partial charge is 0.140 e. The molecule has 0 aromatic rings. The van der Waals surface area contributed by atoms with Gasteiger partial charge in [0, 0.05) is 13.1 Å². The van der Waals surface area contributed by atoms with Crippen LogP contribution in [-0.2, 0) is 4.74 Å². The number of aliphatic hydroxyl groups is 1. The Balaban J connectivity index is 2.28. The van der Waals surface area contributed by atoms with E-state index in [2.05, 4.69) is 5.32 Å². The Morgan fingerprint density at radius 1 is 1.60 bits per heavy atom. The molecule has 0 bridgehead atoms. The van der Waals surface area contributed by atoms with Crippen LogP contribution in [0.2, 0.25) is 0 Å². The lowest BCUT2D eigenvalue weighted by Gasteiger charge is -2.19. The number of hydrogen-bond donors (Lipinski definition) is 2. The summed E-state index contributed by atoms with van der Waals surface area (Å²) in [5, 5.41) is 11.8. The number of ether oxygens (including phenoxy) is 1. The van der Waals surface area contributed by atoms with Gasteiger partial charge in [-0.1, -0.05) is 0 Å². The maximum absolute atomic E-state index is 12.6. The molecule has 1 saturated heterocycles. The molecular formula is C6H12FNO2. The van der Waals surface area contributed by atoms with Gasteiger partial charge >= 0.3 is 0 Å². The largest absolute Gasteiger partial charge is 0.388 e. The topological polar surface area (TPSA) is 41.5 Å². The molecule has 3 nitrogen and oxygen atoms in total. The highest BCUT2D eigenvalue weighted by Crippen LogP contribution is 2.00. The standard InChI is InChI=1S/C6H12FNO2/c7-5-3-8-1-2-10-4-6(5)9/h5-6,8-9H,1-4H2/t5-,6-/m0/s1. The zero-order valence-corrected chi connectivity index (χ0v) is 5.72. The van der Waals surface area contributed by atoms with Crippen molar-refractivity contribution in [2.45, 2.75) is 12.3 Å². The summed E-state index contributed by atoms with van der Waals surface area (Å²) in [7, 11) is 0. The van der Waals surface area contributed by atoms with Crippen molar-refractivity contribution in [1.29, 1.82) is 0 Å². The first-order valence-electron chi connectivity index (χ1n) is 3.41. The van der Waals surface area contributed by atoms with Crippen molar-refractivity contribution in [2.24, 2.45) is 0 Å². The average Bonchev–Trinajstić information content (AvgIpc) is 1.92. The third kappa shape index (κ3) is 2.21. The summed E-state index contributed by atoms with van der Waals surface area (Å²) in [6.45, 7) is 1.55. The molecule has 0 aromatic carbocycles. The number of aliphatic hydroxyl groups excluding tert-OH is 1. The van der Waals surface area contributed by atoms with Crippen molar-refractivity contribution in [3.05, 3.63) is 0 Å². The minimum Gasteiger partial charge on any atom is -0.388 e. The molecule has 1 fully saturated rings. The van der Waals surface area contributed by atoms with Gasteiger partial charge in [0.15, 0.2) is 0 Å². The molecule has 0 aliphatic carbocycles. The Morgan fingerprint density at radius 3 is 3.20 bits per heavy atom. The van der Waals surface area contributed by atoms with Crippen LogP contribution >= 0.6 is 0 Å². The van der Waals surface area contributed by atoms with Crippen molar-refractivity contribution >= 4 is 0 Å². The van der Waals surface area contributed by atoms with Gasteiger partial charge in [-0.15, -0.1) is 0 Å². The molecule has 0 amide bonds. The maximum Gasteiger partial charge on any atom is 0.140 e. The lowest BCUT2D eigenvalue weighted by molar-refractivity contribution is -0.0164. The van der Waals surface area contributed by atoms with Crippen molar-refractivity contribution in [3.63, 3.8) is 0 Å². The molecule has 2 atom stereocenters. The fourth-order valence-corrected chi connectivity index (χ4v) is 0.829. The third-order valence-corrected chi connectivity index (χ3v) is 1.47. The molecule has 1 aliphatic heterocycles. The SMILES string of the molecule is O[C@H]1COCCNC[C@@H]1F. The van der Waals surface area contributed by atoms with Crippen LogP contribution in [0.4, 0.5) is 4.39 Å². The van der Waals surface area contributed by atoms with E-state index in [1.54, 1.807) is 0 Å². The number of halogens is 1. The Kier molecular flexibility index (Phi) is 3.05. The van der Waals surface area contributed by atoms with Gasteiger partial charge in [0.25, 0.3) is 0 Å². The summed E-state index contributed by atoms with van der Waals surface area (Å²) < 4.78 is 17.5. The first kappa shape index (κ1) is 7.91. The van der Waals surface area contributed by atoms with Crippen LogP contribution in [-0.4, -0.2) is 43.7 Å². The normalized spacial score (nSPS) is 36.6. The van der Waals surface area contributed by atoms with Gasteiger partial charge in [-0.2, -0.15) is 0 Å². The first-order chi connectivity index (χ1) is 4.80. The van der Waals surface area contributed by atoms with E-state index in [1.807, 2.05) is 0 Å². The maximum atomic E-state index is 12.6. The molecule has 0 unspecified atom stereocenters. The predicted octanol–water partition coefficient (Wildman–Crippen LogP) is -0.695. The summed E-state index contributed by atoms with van der Waals surface area (Å²) in [4.78, 5) is 0. The van der Waals surface area contributed by atoms with E-state index < -0.39 is 12.3 Å². The second-order valence-corrected chi connectivity index (χ2v) is 2.36. The summed E-state index contributed by atoms with van der Waals surface area (Å²) >= 11 is 0. The molecule has 1 rings (SSSR count). The Hall–Kier alpha value is -0.190. The fourth-order valence-electron chi connectivity index (χ4n) is 0.829. The van der Waals surface area contributed by atoms with Crippen LogP contribution in [0, 0.1) is 0 Å². The van der Waals surface area contributed by atoms with Gasteiger partial charge in [-0.25, -0.2) is 4.39 Å². The van der Waals surface area contributed by atoms with Crippen LogP contribution in [0.15, 0.2) is 0 Å². The van der Waals surface area contributed by atoms with Gasteiger partial charge < -0.3 is 15.2 Å². The zero-order valence-electron chi connectivity index (χ0n) is 5.72. The molecule has 0 spiro atoms. The number of alkyl halides is 1. The predicted molar refractivity (Wildman–Crippen MR) is 34.6 cm³/mol. The first-order valence-corrected chi connectivity index (χ1v) is 3.41. The van der Waals surface area contributed by atoms with E-state index >= 15 is 0 Å². The molecule has 0 aromatic heterocycles. The second-order valence-electron chi connectivity index (χ2n) is 2.36. The summed E-state index contributed by atoms with van der Waals surface area (Å²) in [5.74, 6) is 0. The highest BCUT2D eigenvalue weighted by atomic mass is 19.1. The van der Waals surface area contributed by atoms with Crippen LogP contribution in [0.5, 0.6) is 0 Å². The minimum absolute atomic E-state index is 0.114. The third-order valence-electron chi connectivity index (χ3n) is 1.47. The number of hydrogen-bond acceptors (Lipinski definition) is 3. The molecule has 1 heterocycles. The zero-order chi connectivity index (χ0) is 7.40. The molecule has 0 radical (unpaired) electrons. The molecule has 10 heavy (non-hydrogen) atoms. The van der Waals surface area contributed by atoms with Crippen molar-refractivity contribution in [1.82, 2.24) is 5.32 Å². The van der Waals surface area contributed by atoms with Crippen molar-refractivity contribution in [3.8, 4) is 0 Å². The van der Waals surface area contributed by atoms with Crippen molar-refractivity contribution < 1.29 is 14.2 Å². The van der Waals surface area contributed by atoms with Gasteiger partial charge in [-0.05, 0) is 0 Å². The summed E-state index contributed by atoms with van der Waals surface area (Å²) in [6.07, 6.45) is -2.16.